The van der Waals surface area contributed by atoms with Crippen molar-refractivity contribution >= 4 is 28.9 Å². The molecule has 31 heavy (non-hydrogen) atoms. The number of H-pyrrole nitrogens is 1. The molecule has 1 unspecified atom stereocenters. The second-order valence-corrected chi connectivity index (χ2v) is 21.5. The predicted molar refractivity (Wildman–Crippen MR) is 130 cm³/mol. The zero-order valence-corrected chi connectivity index (χ0v) is 23.4. The van der Waals surface area contributed by atoms with Crippen molar-refractivity contribution < 1.29 is 18.0 Å². The van der Waals surface area contributed by atoms with Gasteiger partial charge in [0.25, 0.3) is 11.4 Å². The summed E-state index contributed by atoms with van der Waals surface area (Å²) in [6, 6.07) is 1.35. The van der Waals surface area contributed by atoms with Crippen molar-refractivity contribution in [3.8, 4) is 0 Å². The monoisotopic (exact) mass is 490 g/mol. The van der Waals surface area contributed by atoms with Crippen molar-refractivity contribution in [3.05, 3.63) is 27.4 Å². The summed E-state index contributed by atoms with van der Waals surface area (Å²) in [4.78, 5) is 14.1. The molecule has 1 aliphatic heterocycles. The van der Waals surface area contributed by atoms with Crippen molar-refractivity contribution in [2.24, 2.45) is 0 Å². The molecule has 0 amide bonds. The molecule has 1 saturated heterocycles. The zero-order valence-electron chi connectivity index (χ0n) is 20.6. The van der Waals surface area contributed by atoms with Gasteiger partial charge in [0.1, 0.15) is 12.3 Å². The highest BCUT2D eigenvalue weighted by Crippen LogP contribution is 2.46. The van der Waals surface area contributed by atoms with Crippen LogP contribution in [0.25, 0.3) is 0 Å². The Morgan fingerprint density at radius 2 is 1.74 bits per heavy atom. The van der Waals surface area contributed by atoms with Crippen LogP contribution in [0.3, 0.4) is 0 Å². The molecule has 2 heterocycles. The Bertz CT molecular complexity index is 904. The first-order valence-electron chi connectivity index (χ1n) is 10.8. The van der Waals surface area contributed by atoms with Gasteiger partial charge in [0, 0.05) is 18.7 Å². The smallest absolute Gasteiger partial charge is 0.258 e. The molecule has 1 aliphatic rings. The third kappa shape index (κ3) is 5.83. The Balaban J connectivity index is 2.38. The molecule has 1 fully saturated rings. The number of aromatic amines is 1. The van der Waals surface area contributed by atoms with Gasteiger partial charge >= 0.3 is 0 Å². The van der Waals surface area contributed by atoms with Gasteiger partial charge in [-0.1, -0.05) is 41.5 Å². The zero-order chi connectivity index (χ0) is 24.0. The van der Waals surface area contributed by atoms with Crippen molar-refractivity contribution in [1.29, 1.82) is 0 Å². The van der Waals surface area contributed by atoms with Crippen molar-refractivity contribution in [2.75, 3.05) is 6.61 Å². The number of alkyl halides is 1. The molecule has 0 aromatic carbocycles. The molecule has 10 heteroatoms. The Morgan fingerprint density at radius 1 is 1.19 bits per heavy atom. The molecule has 0 radical (unpaired) electrons. The van der Waals surface area contributed by atoms with Crippen LogP contribution in [0, 0.1) is 4.77 Å². The van der Waals surface area contributed by atoms with Gasteiger partial charge in [-0.3, -0.25) is 14.3 Å². The average molecular weight is 491 g/mol. The van der Waals surface area contributed by atoms with E-state index >= 15 is 4.39 Å². The fraction of sp³-hybridized carbons (Fsp3) is 0.810. The minimum absolute atomic E-state index is 0.0569. The standard InChI is InChI=1S/C21H39FN2O4SSi2/c1-19(2,3)30(7,8)26-14-21(22)15(28-31(9,10)20(4,5)6)13-17(27-21)24-12-11-16(25)23-18(24)29/h11-12,15,17H,13-14H2,1-10H3,(H,23,25,29)/t15?,17-,21-/m1/s1. The summed E-state index contributed by atoms with van der Waals surface area (Å²) in [6.45, 7) is 20.9. The quantitative estimate of drug-likeness (QED) is 0.397. The second kappa shape index (κ2) is 8.60. The molecule has 0 bridgehead atoms. The number of rotatable bonds is 6. The van der Waals surface area contributed by atoms with Gasteiger partial charge in [-0.15, -0.1) is 0 Å². The lowest BCUT2D eigenvalue weighted by atomic mass is 10.1. The molecule has 0 aliphatic carbocycles. The van der Waals surface area contributed by atoms with Gasteiger partial charge in [-0.25, -0.2) is 4.39 Å². The highest BCUT2D eigenvalue weighted by atomic mass is 32.1. The van der Waals surface area contributed by atoms with Crippen molar-refractivity contribution in [2.45, 2.75) is 102 Å². The molecule has 0 saturated carbocycles. The summed E-state index contributed by atoms with van der Waals surface area (Å²) >= 11 is 5.28. The third-order valence-electron chi connectivity index (χ3n) is 7.07. The lowest BCUT2D eigenvalue weighted by Gasteiger charge is -2.42. The topological polar surface area (TPSA) is 65.5 Å². The summed E-state index contributed by atoms with van der Waals surface area (Å²) < 4.78 is 36.8. The lowest BCUT2D eigenvalue weighted by molar-refractivity contribution is -0.201. The molecular weight excluding hydrogens is 451 g/mol. The molecule has 1 aromatic rings. The number of hydrogen-bond donors (Lipinski definition) is 1. The molecule has 178 valence electrons. The highest BCUT2D eigenvalue weighted by Gasteiger charge is 2.55. The van der Waals surface area contributed by atoms with Crippen molar-refractivity contribution in [3.63, 3.8) is 0 Å². The van der Waals surface area contributed by atoms with Crippen LogP contribution in [0.1, 0.15) is 54.2 Å². The third-order valence-corrected chi connectivity index (χ3v) is 16.3. The van der Waals surface area contributed by atoms with E-state index in [1.165, 1.54) is 12.3 Å². The number of nitrogens with zero attached hydrogens (tertiary/aromatic N) is 1. The molecule has 1 N–H and O–H groups in total. The SMILES string of the molecule is CC(C)(C)[Si](C)(C)OC[C@@]1(F)O[C@@H](n2ccc(=O)[nH]c2=S)CC1O[Si](C)(C)C(C)(C)C. The van der Waals surface area contributed by atoms with E-state index < -0.39 is 34.8 Å². The average Bonchev–Trinajstić information content (AvgIpc) is 2.87. The Morgan fingerprint density at radius 3 is 2.23 bits per heavy atom. The van der Waals surface area contributed by atoms with Crippen LogP contribution in [0.15, 0.2) is 17.1 Å². The van der Waals surface area contributed by atoms with E-state index in [1.807, 2.05) is 0 Å². The van der Waals surface area contributed by atoms with Gasteiger partial charge in [0.15, 0.2) is 21.4 Å². The maximum Gasteiger partial charge on any atom is 0.258 e. The summed E-state index contributed by atoms with van der Waals surface area (Å²) in [5.41, 5.74) is -0.305. The summed E-state index contributed by atoms with van der Waals surface area (Å²) in [7, 11) is -4.48. The Labute approximate surface area is 192 Å². The first kappa shape index (κ1) is 26.6. The maximum absolute atomic E-state index is 16.4. The van der Waals surface area contributed by atoms with Gasteiger partial charge in [0.2, 0.25) is 0 Å². The van der Waals surface area contributed by atoms with Crippen LogP contribution in [-0.2, 0) is 13.6 Å². The van der Waals surface area contributed by atoms with Gasteiger partial charge in [-0.2, -0.15) is 0 Å². The predicted octanol–water partition coefficient (Wildman–Crippen LogP) is 5.90. The van der Waals surface area contributed by atoms with E-state index in [9.17, 15) is 4.79 Å². The van der Waals surface area contributed by atoms with E-state index in [2.05, 4.69) is 72.7 Å². The van der Waals surface area contributed by atoms with E-state index in [0.29, 0.717) is 0 Å². The number of nitrogens with one attached hydrogen (secondary N) is 1. The van der Waals surface area contributed by atoms with Gasteiger partial charge in [0.05, 0.1) is 6.61 Å². The fourth-order valence-electron chi connectivity index (χ4n) is 2.82. The summed E-state index contributed by atoms with van der Waals surface area (Å²) in [5.74, 6) is -2.11. The molecule has 2 rings (SSSR count). The maximum atomic E-state index is 16.4. The first-order valence-corrected chi connectivity index (χ1v) is 17.0. The van der Waals surface area contributed by atoms with Crippen LogP contribution in [0.2, 0.25) is 36.3 Å². The molecule has 3 atom stereocenters. The van der Waals surface area contributed by atoms with Crippen LogP contribution < -0.4 is 5.56 Å². The minimum atomic E-state index is -2.28. The number of hydrogen-bond acceptors (Lipinski definition) is 5. The summed E-state index contributed by atoms with van der Waals surface area (Å²) in [5, 5.41) is -0.140. The van der Waals surface area contributed by atoms with Gasteiger partial charge < -0.3 is 13.6 Å². The van der Waals surface area contributed by atoms with Crippen molar-refractivity contribution in [1.82, 2.24) is 9.55 Å². The molecule has 6 nitrogen and oxygen atoms in total. The van der Waals surface area contributed by atoms with Crippen LogP contribution in [0.4, 0.5) is 4.39 Å². The van der Waals surface area contributed by atoms with Crippen LogP contribution in [-0.4, -0.2) is 44.8 Å². The van der Waals surface area contributed by atoms with Crippen LogP contribution >= 0.6 is 12.2 Å². The van der Waals surface area contributed by atoms with E-state index in [-0.39, 0.29) is 33.4 Å². The largest absolute Gasteiger partial charge is 0.411 e. The molecule has 1 aromatic heterocycles. The van der Waals surface area contributed by atoms with E-state index in [4.69, 9.17) is 25.8 Å². The molecular formula is C21H39FN2O4SSi2. The summed E-state index contributed by atoms with van der Waals surface area (Å²) in [6.07, 6.45) is 0.337. The fourth-order valence-corrected chi connectivity index (χ4v) is 5.43. The minimum Gasteiger partial charge on any atom is -0.411 e. The lowest BCUT2D eigenvalue weighted by Crippen LogP contribution is -2.52. The number of aromatic nitrogens is 2. The number of halogens is 1. The second-order valence-electron chi connectivity index (χ2n) is 11.5. The molecule has 0 spiro atoms. The van der Waals surface area contributed by atoms with Crippen LogP contribution in [0.5, 0.6) is 0 Å². The highest BCUT2D eigenvalue weighted by molar-refractivity contribution is 7.71. The van der Waals surface area contributed by atoms with Gasteiger partial charge in [-0.05, 0) is 48.5 Å². The normalized spacial score (nSPS) is 25.8. The van der Waals surface area contributed by atoms with E-state index in [0.717, 1.165) is 0 Å². The Kier molecular flexibility index (Phi) is 7.38. The van der Waals surface area contributed by atoms with E-state index in [1.54, 1.807) is 4.57 Å². The first-order chi connectivity index (χ1) is 13.8. The number of ether oxygens (including phenoxy) is 1. The Hall–Kier alpha value is -0.656.